The number of ether oxygens (including phenoxy) is 3. The molecule has 0 aliphatic carbocycles. The molecule has 1 aliphatic heterocycles. The van der Waals surface area contributed by atoms with Crippen LogP contribution in [0.15, 0.2) is 103 Å². The molecule has 1 saturated heterocycles. The summed E-state index contributed by atoms with van der Waals surface area (Å²) in [6.07, 6.45) is 7.01. The van der Waals surface area contributed by atoms with Crippen molar-refractivity contribution in [2.24, 2.45) is 0 Å². The Kier molecular flexibility index (Phi) is 12.9. The molecule has 2 heterocycles. The minimum atomic E-state index is -0.280. The summed E-state index contributed by atoms with van der Waals surface area (Å²) in [4.78, 5) is 21.5. The van der Waals surface area contributed by atoms with Crippen LogP contribution < -0.4 is 14.2 Å². The van der Waals surface area contributed by atoms with Gasteiger partial charge in [-0.3, -0.25) is 9.69 Å². The lowest BCUT2D eigenvalue weighted by atomic mass is 10.1. The van der Waals surface area contributed by atoms with E-state index >= 15 is 0 Å². The number of aryl methyl sites for hydroxylation is 2. The van der Waals surface area contributed by atoms with Gasteiger partial charge in [0.2, 0.25) is 11.8 Å². The minimum Gasteiger partial charge on any atom is -0.489 e. The number of carbonyl (C=O) groups is 1. The number of hydrogen-bond acceptors (Lipinski definition) is 7. The summed E-state index contributed by atoms with van der Waals surface area (Å²) in [7, 11) is 0. The topological polar surface area (TPSA) is 87.9 Å². The van der Waals surface area contributed by atoms with Gasteiger partial charge in [0.1, 0.15) is 30.5 Å². The maximum absolute atomic E-state index is 14.9. The third-order valence-electron chi connectivity index (χ3n) is 9.14. The highest BCUT2D eigenvalue weighted by atomic mass is 35.5. The van der Waals surface area contributed by atoms with Gasteiger partial charge in [-0.05, 0) is 95.8 Å². The molecule has 0 atom stereocenters. The van der Waals surface area contributed by atoms with E-state index in [1.54, 1.807) is 60.8 Å². The lowest BCUT2D eigenvalue weighted by molar-refractivity contribution is -0.127. The fourth-order valence-electron chi connectivity index (χ4n) is 6.11. The zero-order valence-corrected chi connectivity index (χ0v) is 31.2. The van der Waals surface area contributed by atoms with Gasteiger partial charge in [-0.15, -0.1) is 0 Å². The Morgan fingerprint density at radius 1 is 0.889 bits per heavy atom. The smallest absolute Gasteiger partial charge is 0.246 e. The van der Waals surface area contributed by atoms with E-state index in [9.17, 15) is 9.18 Å². The van der Waals surface area contributed by atoms with E-state index in [4.69, 9.17) is 31.1 Å². The highest BCUT2D eigenvalue weighted by Crippen LogP contribution is 2.34. The van der Waals surface area contributed by atoms with Crippen molar-refractivity contribution in [1.29, 1.82) is 5.26 Å². The predicted molar refractivity (Wildman–Crippen MR) is 208 cm³/mol. The van der Waals surface area contributed by atoms with Gasteiger partial charge in [-0.25, -0.2) is 9.37 Å². The predicted octanol–water partition coefficient (Wildman–Crippen LogP) is 9.31. The maximum Gasteiger partial charge on any atom is 0.246 e. The third-order valence-corrected chi connectivity index (χ3v) is 9.42. The van der Waals surface area contributed by atoms with Crippen LogP contribution in [0.5, 0.6) is 23.1 Å². The second-order valence-electron chi connectivity index (χ2n) is 13.2. The lowest BCUT2D eigenvalue weighted by Crippen LogP contribution is -2.47. The highest BCUT2D eigenvalue weighted by Gasteiger charge is 2.20. The number of piperazine rings is 1. The van der Waals surface area contributed by atoms with Crippen molar-refractivity contribution < 1.29 is 23.4 Å². The molecule has 4 aromatic carbocycles. The van der Waals surface area contributed by atoms with Crippen LogP contribution in [-0.2, 0) is 31.0 Å². The van der Waals surface area contributed by atoms with E-state index in [2.05, 4.69) is 22.9 Å². The summed E-state index contributed by atoms with van der Waals surface area (Å²) in [5, 5.41) is 9.35. The Balaban J connectivity index is 0.946. The number of carbonyl (C=O) groups excluding carboxylic acids is 1. The molecule has 54 heavy (non-hydrogen) atoms. The SMILES string of the molecule is CCCc1ccc(OCc2ccc(CN3CCN(C(=O)C=Cc4cc(C)c(Oc5ccc(OCc6ccc(C#N)cc6)cn5)c(Cl)c4)CC3)cc2F)cc1. The fraction of sp³-hybridized carbons (Fsp3) is 0.250. The van der Waals surface area contributed by atoms with Gasteiger partial charge in [0.05, 0.1) is 22.9 Å². The molecular formula is C44H42ClFN4O4. The van der Waals surface area contributed by atoms with Crippen LogP contribution in [0.25, 0.3) is 6.08 Å². The normalized spacial score (nSPS) is 13.1. The van der Waals surface area contributed by atoms with Gasteiger partial charge in [-0.2, -0.15) is 5.26 Å². The van der Waals surface area contributed by atoms with Crippen molar-refractivity contribution in [1.82, 2.24) is 14.8 Å². The van der Waals surface area contributed by atoms with Gasteiger partial charge in [0, 0.05) is 50.4 Å². The number of pyridine rings is 1. The summed E-state index contributed by atoms with van der Waals surface area (Å²) in [6.45, 7) is 7.69. The largest absolute Gasteiger partial charge is 0.489 e. The van der Waals surface area contributed by atoms with Gasteiger partial charge < -0.3 is 19.1 Å². The first-order valence-electron chi connectivity index (χ1n) is 18.0. The first-order valence-corrected chi connectivity index (χ1v) is 18.4. The summed E-state index contributed by atoms with van der Waals surface area (Å²) in [5.74, 6) is 1.78. The van der Waals surface area contributed by atoms with E-state index in [1.807, 2.05) is 60.4 Å². The fourth-order valence-corrected chi connectivity index (χ4v) is 6.42. The number of rotatable bonds is 14. The second kappa shape index (κ2) is 18.4. The maximum atomic E-state index is 14.9. The van der Waals surface area contributed by atoms with Crippen LogP contribution in [0, 0.1) is 24.1 Å². The van der Waals surface area contributed by atoms with Crippen LogP contribution in [-0.4, -0.2) is 46.9 Å². The van der Waals surface area contributed by atoms with Gasteiger partial charge >= 0.3 is 0 Å². The Morgan fingerprint density at radius 3 is 2.26 bits per heavy atom. The van der Waals surface area contributed by atoms with E-state index in [-0.39, 0.29) is 18.3 Å². The number of nitrogens with zero attached hydrogens (tertiary/aromatic N) is 4. The van der Waals surface area contributed by atoms with E-state index < -0.39 is 0 Å². The Bertz CT molecular complexity index is 2080. The Morgan fingerprint density at radius 2 is 1.59 bits per heavy atom. The molecule has 8 nitrogen and oxygen atoms in total. The Hall–Kier alpha value is -5.69. The van der Waals surface area contributed by atoms with Crippen LogP contribution >= 0.6 is 11.6 Å². The summed E-state index contributed by atoms with van der Waals surface area (Å²) in [6, 6.07) is 29.7. The molecule has 0 radical (unpaired) electrons. The molecule has 0 N–H and O–H groups in total. The molecule has 1 amide bonds. The second-order valence-corrected chi connectivity index (χ2v) is 13.6. The number of hydrogen-bond donors (Lipinski definition) is 0. The molecule has 1 aromatic heterocycles. The standard InChI is InChI=1S/C44H42ClFN4O4/c1-3-4-32-10-14-38(15-11-32)53-30-37-13-9-36(25-41(37)46)28-49-19-21-50(22-20-49)43(51)18-12-35-23-31(2)44(40(45)24-35)54-42-17-16-39(27-48-42)52-29-34-7-5-33(26-47)6-8-34/h5-18,23-25,27H,3-4,19-22,28-30H2,1-2H3. The van der Waals surface area contributed by atoms with Gasteiger partial charge in [0.25, 0.3) is 0 Å². The van der Waals surface area contributed by atoms with Crippen LogP contribution in [0.4, 0.5) is 4.39 Å². The molecule has 276 valence electrons. The molecule has 10 heteroatoms. The molecule has 1 fully saturated rings. The van der Waals surface area contributed by atoms with E-state index in [1.165, 1.54) is 5.56 Å². The molecule has 0 spiro atoms. The number of halogens is 2. The molecular weight excluding hydrogens is 703 g/mol. The molecule has 6 rings (SSSR count). The van der Waals surface area contributed by atoms with Gasteiger partial charge in [0.15, 0.2) is 5.75 Å². The first-order chi connectivity index (χ1) is 26.3. The average Bonchev–Trinajstić information content (AvgIpc) is 3.19. The third kappa shape index (κ3) is 10.5. The van der Waals surface area contributed by atoms with Crippen molar-refractivity contribution >= 4 is 23.6 Å². The monoisotopic (exact) mass is 744 g/mol. The summed E-state index contributed by atoms with van der Waals surface area (Å²) >= 11 is 6.61. The van der Waals surface area contributed by atoms with Crippen molar-refractivity contribution in [2.75, 3.05) is 26.2 Å². The van der Waals surface area contributed by atoms with E-state index in [0.717, 1.165) is 40.8 Å². The lowest BCUT2D eigenvalue weighted by Gasteiger charge is -2.34. The van der Waals surface area contributed by atoms with E-state index in [0.29, 0.717) is 72.9 Å². The van der Waals surface area contributed by atoms with Crippen molar-refractivity contribution in [3.63, 3.8) is 0 Å². The molecule has 0 bridgehead atoms. The zero-order valence-electron chi connectivity index (χ0n) is 30.4. The quantitative estimate of drug-likeness (QED) is 0.105. The minimum absolute atomic E-state index is 0.0788. The number of aromatic nitrogens is 1. The van der Waals surface area contributed by atoms with Crippen LogP contribution in [0.1, 0.15) is 52.3 Å². The summed E-state index contributed by atoms with van der Waals surface area (Å²) < 4.78 is 32.6. The zero-order chi connectivity index (χ0) is 37.9. The van der Waals surface area contributed by atoms with Crippen molar-refractivity contribution in [3.8, 4) is 29.2 Å². The average molecular weight is 745 g/mol. The first kappa shape index (κ1) is 38.0. The number of nitriles is 1. The highest BCUT2D eigenvalue weighted by molar-refractivity contribution is 6.32. The van der Waals surface area contributed by atoms with Crippen molar-refractivity contribution in [3.05, 3.63) is 153 Å². The molecule has 5 aromatic rings. The molecule has 0 unspecified atom stereocenters. The van der Waals surface area contributed by atoms with Crippen LogP contribution in [0.3, 0.4) is 0 Å². The molecule has 0 saturated carbocycles. The Labute approximate surface area is 321 Å². The number of benzene rings is 4. The molecule has 1 aliphatic rings. The summed E-state index contributed by atoms with van der Waals surface area (Å²) in [5.41, 5.74) is 5.77. The van der Waals surface area contributed by atoms with Crippen LogP contribution in [0.2, 0.25) is 5.02 Å². The van der Waals surface area contributed by atoms with Gasteiger partial charge in [-0.1, -0.05) is 61.3 Å². The van der Waals surface area contributed by atoms with Crippen molar-refractivity contribution in [2.45, 2.75) is 46.4 Å². The number of amides is 1.